The van der Waals surface area contributed by atoms with Crippen molar-refractivity contribution >= 4 is 17.7 Å². The summed E-state index contributed by atoms with van der Waals surface area (Å²) >= 11 is 0. The number of nitrogens with zero attached hydrogens (tertiary/aromatic N) is 2. The lowest BCUT2D eigenvalue weighted by atomic mass is 10.0. The summed E-state index contributed by atoms with van der Waals surface area (Å²) in [5.74, 6) is -1.01. The molecule has 7 heteroatoms. The SMILES string of the molecule is O=C1CCC(N2Cc3cc(-c4cccc(O)n4)ccc3C2=O)C(=O)N1. The van der Waals surface area contributed by atoms with Gasteiger partial charge < -0.3 is 10.0 Å². The maximum atomic E-state index is 12.6. The average molecular weight is 337 g/mol. The standard InChI is InChI=1S/C18H15N3O4/c22-15-3-1-2-13(19-15)10-4-5-12-11(8-10)9-21(18(12)25)14-6-7-16(23)20-17(14)24/h1-5,8,14H,6-7,9H2,(H,19,22)(H,20,23,24). The van der Waals surface area contributed by atoms with Crippen LogP contribution in [0.4, 0.5) is 0 Å². The molecule has 1 atom stereocenters. The van der Waals surface area contributed by atoms with Crippen LogP contribution in [0, 0.1) is 0 Å². The fraction of sp³-hybridized carbons (Fsp3) is 0.222. The molecule has 2 aromatic rings. The van der Waals surface area contributed by atoms with Gasteiger partial charge in [-0.1, -0.05) is 12.1 Å². The highest BCUT2D eigenvalue weighted by Gasteiger charge is 2.39. The molecule has 0 spiro atoms. The lowest BCUT2D eigenvalue weighted by molar-refractivity contribution is -0.136. The Hall–Kier alpha value is -3.22. The van der Waals surface area contributed by atoms with Crippen LogP contribution in [0.2, 0.25) is 0 Å². The number of benzene rings is 1. The molecule has 0 bridgehead atoms. The van der Waals surface area contributed by atoms with E-state index < -0.39 is 11.9 Å². The van der Waals surface area contributed by atoms with Crippen LogP contribution in [0.15, 0.2) is 36.4 Å². The molecule has 1 saturated heterocycles. The van der Waals surface area contributed by atoms with E-state index in [1.54, 1.807) is 24.3 Å². The second-order valence-corrected chi connectivity index (χ2v) is 6.15. The highest BCUT2D eigenvalue weighted by Crippen LogP contribution is 2.31. The number of piperidine rings is 1. The largest absolute Gasteiger partial charge is 0.493 e. The summed E-state index contributed by atoms with van der Waals surface area (Å²) in [6, 6.07) is 9.67. The van der Waals surface area contributed by atoms with Crippen molar-refractivity contribution in [2.75, 3.05) is 0 Å². The molecule has 3 amide bonds. The Bertz CT molecular complexity index is 909. The predicted molar refractivity (Wildman–Crippen MR) is 87.4 cm³/mol. The van der Waals surface area contributed by atoms with Crippen LogP contribution in [0.1, 0.15) is 28.8 Å². The van der Waals surface area contributed by atoms with Gasteiger partial charge in [0.05, 0.1) is 5.69 Å². The van der Waals surface area contributed by atoms with Crippen LogP contribution < -0.4 is 5.32 Å². The van der Waals surface area contributed by atoms with Crippen molar-refractivity contribution in [2.24, 2.45) is 0 Å². The number of carbonyl (C=O) groups is 3. The molecule has 0 aliphatic carbocycles. The van der Waals surface area contributed by atoms with E-state index in [1.165, 1.54) is 11.0 Å². The van der Waals surface area contributed by atoms with E-state index in [0.717, 1.165) is 11.1 Å². The second-order valence-electron chi connectivity index (χ2n) is 6.15. The summed E-state index contributed by atoms with van der Waals surface area (Å²) in [5, 5.41) is 11.8. The van der Waals surface area contributed by atoms with Crippen LogP contribution >= 0.6 is 0 Å². The first-order valence-electron chi connectivity index (χ1n) is 7.97. The Kier molecular flexibility index (Phi) is 3.49. The number of fused-ring (bicyclic) bond motifs is 1. The molecule has 0 saturated carbocycles. The second kappa shape index (κ2) is 5.70. The van der Waals surface area contributed by atoms with Gasteiger partial charge in [0, 0.05) is 30.2 Å². The van der Waals surface area contributed by atoms with Gasteiger partial charge in [-0.25, -0.2) is 4.98 Å². The maximum Gasteiger partial charge on any atom is 0.255 e. The van der Waals surface area contributed by atoms with Crippen LogP contribution in [0.25, 0.3) is 11.3 Å². The number of aromatic hydroxyl groups is 1. The van der Waals surface area contributed by atoms with E-state index in [9.17, 15) is 19.5 Å². The Morgan fingerprint density at radius 2 is 2.00 bits per heavy atom. The van der Waals surface area contributed by atoms with Crippen molar-refractivity contribution in [3.05, 3.63) is 47.5 Å². The minimum absolute atomic E-state index is 0.0701. The van der Waals surface area contributed by atoms with Gasteiger partial charge in [-0.3, -0.25) is 19.7 Å². The van der Waals surface area contributed by atoms with E-state index >= 15 is 0 Å². The summed E-state index contributed by atoms with van der Waals surface area (Å²) in [5.41, 5.74) is 2.74. The van der Waals surface area contributed by atoms with E-state index in [2.05, 4.69) is 10.3 Å². The zero-order chi connectivity index (χ0) is 17.6. The van der Waals surface area contributed by atoms with E-state index in [-0.39, 0.29) is 24.1 Å². The van der Waals surface area contributed by atoms with Crippen LogP contribution in [-0.4, -0.2) is 38.8 Å². The molecule has 1 aromatic heterocycles. The minimum Gasteiger partial charge on any atom is -0.493 e. The number of nitrogens with one attached hydrogen (secondary N) is 1. The van der Waals surface area contributed by atoms with Gasteiger partial charge in [-0.2, -0.15) is 0 Å². The molecule has 3 heterocycles. The number of carbonyl (C=O) groups excluding carboxylic acids is 3. The molecule has 0 radical (unpaired) electrons. The van der Waals surface area contributed by atoms with Crippen molar-refractivity contribution in [2.45, 2.75) is 25.4 Å². The normalized spacial score (nSPS) is 19.8. The van der Waals surface area contributed by atoms with Crippen molar-refractivity contribution in [1.29, 1.82) is 0 Å². The fourth-order valence-corrected chi connectivity index (χ4v) is 3.32. The summed E-state index contributed by atoms with van der Waals surface area (Å²) in [7, 11) is 0. The molecule has 126 valence electrons. The molecule has 2 aliphatic rings. The summed E-state index contributed by atoms with van der Waals surface area (Å²) in [6.07, 6.45) is 0.570. The first-order chi connectivity index (χ1) is 12.0. The minimum atomic E-state index is -0.625. The fourth-order valence-electron chi connectivity index (χ4n) is 3.32. The van der Waals surface area contributed by atoms with Gasteiger partial charge in [0.25, 0.3) is 5.91 Å². The Morgan fingerprint density at radius 1 is 1.16 bits per heavy atom. The van der Waals surface area contributed by atoms with E-state index in [4.69, 9.17) is 0 Å². The number of rotatable bonds is 2. The molecular formula is C18H15N3O4. The highest BCUT2D eigenvalue weighted by molar-refractivity contribution is 6.05. The lowest BCUT2D eigenvalue weighted by Crippen LogP contribution is -2.52. The van der Waals surface area contributed by atoms with Crippen molar-refractivity contribution in [3.63, 3.8) is 0 Å². The van der Waals surface area contributed by atoms with Gasteiger partial charge in [0.2, 0.25) is 17.7 Å². The third-order valence-electron chi connectivity index (χ3n) is 4.55. The highest BCUT2D eigenvalue weighted by atomic mass is 16.3. The van der Waals surface area contributed by atoms with Gasteiger partial charge in [0.15, 0.2) is 0 Å². The zero-order valence-electron chi connectivity index (χ0n) is 13.2. The van der Waals surface area contributed by atoms with Crippen molar-refractivity contribution in [1.82, 2.24) is 15.2 Å². The third-order valence-corrected chi connectivity index (χ3v) is 4.55. The van der Waals surface area contributed by atoms with E-state index in [1.807, 2.05) is 6.07 Å². The zero-order valence-corrected chi connectivity index (χ0v) is 13.2. The van der Waals surface area contributed by atoms with E-state index in [0.29, 0.717) is 24.2 Å². The molecule has 7 nitrogen and oxygen atoms in total. The number of pyridine rings is 1. The Balaban J connectivity index is 1.63. The molecule has 2 N–H and O–H groups in total. The summed E-state index contributed by atoms with van der Waals surface area (Å²) in [4.78, 5) is 41.6. The average Bonchev–Trinajstić information content (AvgIpc) is 2.91. The van der Waals surface area contributed by atoms with Crippen LogP contribution in [0.5, 0.6) is 5.88 Å². The molecule has 1 fully saturated rings. The third kappa shape index (κ3) is 2.63. The Labute approximate surface area is 143 Å². The summed E-state index contributed by atoms with van der Waals surface area (Å²) in [6.45, 7) is 0.313. The van der Waals surface area contributed by atoms with Gasteiger partial charge >= 0.3 is 0 Å². The lowest BCUT2D eigenvalue weighted by Gasteiger charge is -2.29. The van der Waals surface area contributed by atoms with Crippen molar-refractivity contribution in [3.8, 4) is 17.1 Å². The molecule has 25 heavy (non-hydrogen) atoms. The maximum absolute atomic E-state index is 12.6. The quantitative estimate of drug-likeness (QED) is 0.803. The van der Waals surface area contributed by atoms with Gasteiger partial charge in [-0.05, 0) is 30.2 Å². The smallest absolute Gasteiger partial charge is 0.255 e. The monoisotopic (exact) mass is 337 g/mol. The van der Waals surface area contributed by atoms with Crippen LogP contribution in [-0.2, 0) is 16.1 Å². The van der Waals surface area contributed by atoms with Gasteiger partial charge in [-0.15, -0.1) is 0 Å². The molecular weight excluding hydrogens is 322 g/mol. The first kappa shape index (κ1) is 15.3. The van der Waals surface area contributed by atoms with Crippen LogP contribution in [0.3, 0.4) is 0 Å². The van der Waals surface area contributed by atoms with Crippen molar-refractivity contribution < 1.29 is 19.5 Å². The number of amides is 3. The first-order valence-corrected chi connectivity index (χ1v) is 7.97. The van der Waals surface area contributed by atoms with Gasteiger partial charge in [0.1, 0.15) is 6.04 Å². The Morgan fingerprint density at radius 3 is 2.76 bits per heavy atom. The molecule has 1 aromatic carbocycles. The number of aromatic nitrogens is 1. The molecule has 2 aliphatic heterocycles. The molecule has 1 unspecified atom stereocenters. The summed E-state index contributed by atoms with van der Waals surface area (Å²) < 4.78 is 0. The molecule has 4 rings (SSSR count). The number of hydrogen-bond acceptors (Lipinski definition) is 5. The predicted octanol–water partition coefficient (Wildman–Crippen LogP) is 1.22. The number of hydrogen-bond donors (Lipinski definition) is 2. The number of imide groups is 1. The topological polar surface area (TPSA) is 99.6 Å².